The minimum atomic E-state index is -0.867. The van der Waals surface area contributed by atoms with Crippen LogP contribution in [-0.2, 0) is 17.2 Å². The normalized spacial score (nSPS) is 14.4. The van der Waals surface area contributed by atoms with Gasteiger partial charge in [0.25, 0.3) is 0 Å². The molecular formula is C16H24OS2. The number of thioether (sulfide) groups is 1. The molecule has 3 heteroatoms. The van der Waals surface area contributed by atoms with Crippen molar-refractivity contribution in [3.8, 4) is 0 Å². The largest absolute Gasteiger partial charge is 0.254 e. The van der Waals surface area contributed by atoms with Gasteiger partial charge in [-0.2, -0.15) is 0 Å². The molecule has 0 saturated heterocycles. The SMILES string of the molecule is CCS(=O)C(SC)=C(C)c1ccc(CC(C)C)cc1. The summed E-state index contributed by atoms with van der Waals surface area (Å²) in [5.41, 5.74) is 3.69. The predicted molar refractivity (Wildman–Crippen MR) is 89.8 cm³/mol. The molecule has 0 aromatic heterocycles. The van der Waals surface area contributed by atoms with Gasteiger partial charge in [0.15, 0.2) is 0 Å². The third kappa shape index (κ3) is 4.81. The van der Waals surface area contributed by atoms with Crippen LogP contribution in [0.3, 0.4) is 0 Å². The molecule has 0 radical (unpaired) electrons. The zero-order valence-electron chi connectivity index (χ0n) is 12.5. The summed E-state index contributed by atoms with van der Waals surface area (Å²) in [6.07, 6.45) is 3.11. The average molecular weight is 297 g/mol. The summed E-state index contributed by atoms with van der Waals surface area (Å²) in [4.78, 5) is 0. The minimum absolute atomic E-state index is 0.678. The predicted octanol–water partition coefficient (Wildman–Crippen LogP) is 4.71. The Kier molecular flexibility index (Phi) is 6.87. The van der Waals surface area contributed by atoms with E-state index < -0.39 is 10.8 Å². The zero-order valence-corrected chi connectivity index (χ0v) is 14.2. The second-order valence-corrected chi connectivity index (χ2v) is 7.80. The van der Waals surface area contributed by atoms with E-state index in [1.54, 1.807) is 11.8 Å². The Hall–Kier alpha value is -0.540. The van der Waals surface area contributed by atoms with Gasteiger partial charge in [0.1, 0.15) is 0 Å². The lowest BCUT2D eigenvalue weighted by molar-refractivity contribution is 0.647. The standard InChI is InChI=1S/C16H24OS2/c1-6-19(17)16(18-5)13(4)15-9-7-14(8-10-15)11-12(2)3/h7-10,12H,6,11H2,1-5H3. The third-order valence-electron chi connectivity index (χ3n) is 2.99. The first-order valence-electron chi connectivity index (χ1n) is 6.72. The highest BCUT2D eigenvalue weighted by molar-refractivity contribution is 8.16. The van der Waals surface area contributed by atoms with Crippen LogP contribution in [0, 0.1) is 5.92 Å². The van der Waals surface area contributed by atoms with Gasteiger partial charge in [0.2, 0.25) is 0 Å². The summed E-state index contributed by atoms with van der Waals surface area (Å²) in [6.45, 7) is 8.49. The Morgan fingerprint density at radius 1 is 1.26 bits per heavy atom. The molecule has 0 aliphatic heterocycles. The lowest BCUT2D eigenvalue weighted by Crippen LogP contribution is -1.98. The lowest BCUT2D eigenvalue weighted by Gasteiger charge is -2.10. The van der Waals surface area contributed by atoms with Crippen molar-refractivity contribution in [2.75, 3.05) is 12.0 Å². The Morgan fingerprint density at radius 3 is 2.26 bits per heavy atom. The first-order valence-corrected chi connectivity index (χ1v) is 9.26. The van der Waals surface area contributed by atoms with Crippen LogP contribution >= 0.6 is 11.8 Å². The van der Waals surface area contributed by atoms with E-state index in [9.17, 15) is 4.21 Å². The quantitative estimate of drug-likeness (QED) is 0.756. The molecule has 0 spiro atoms. The molecule has 1 nitrogen and oxygen atoms in total. The van der Waals surface area contributed by atoms with Gasteiger partial charge in [0, 0.05) is 5.75 Å². The second kappa shape index (κ2) is 7.91. The summed E-state index contributed by atoms with van der Waals surface area (Å²) >= 11 is 1.60. The molecule has 0 N–H and O–H groups in total. The molecule has 106 valence electrons. The fraction of sp³-hybridized carbons (Fsp3) is 0.500. The van der Waals surface area contributed by atoms with Crippen LogP contribution in [0.1, 0.15) is 38.8 Å². The van der Waals surface area contributed by atoms with E-state index in [1.807, 2.05) is 13.2 Å². The highest BCUT2D eigenvalue weighted by atomic mass is 32.2. The van der Waals surface area contributed by atoms with E-state index in [0.29, 0.717) is 11.7 Å². The molecule has 1 aromatic carbocycles. The second-order valence-electron chi connectivity index (χ2n) is 5.05. The fourth-order valence-electron chi connectivity index (χ4n) is 2.03. The molecule has 0 aliphatic rings. The fourth-order valence-corrected chi connectivity index (χ4v) is 4.27. The van der Waals surface area contributed by atoms with Crippen molar-refractivity contribution in [3.63, 3.8) is 0 Å². The number of rotatable bonds is 6. The maximum atomic E-state index is 12.0. The van der Waals surface area contributed by atoms with E-state index >= 15 is 0 Å². The minimum Gasteiger partial charge on any atom is -0.254 e. The van der Waals surface area contributed by atoms with Crippen LogP contribution in [0.4, 0.5) is 0 Å². The molecule has 1 aromatic rings. The molecule has 1 rings (SSSR count). The number of hydrogen-bond donors (Lipinski definition) is 0. The smallest absolute Gasteiger partial charge is 0.0748 e. The van der Waals surface area contributed by atoms with E-state index in [1.165, 1.54) is 11.1 Å². The number of hydrogen-bond acceptors (Lipinski definition) is 2. The number of benzene rings is 1. The van der Waals surface area contributed by atoms with Gasteiger partial charge in [-0.05, 0) is 42.2 Å². The average Bonchev–Trinajstić information content (AvgIpc) is 2.39. The first kappa shape index (κ1) is 16.5. The van der Waals surface area contributed by atoms with Gasteiger partial charge in [-0.25, -0.2) is 0 Å². The molecular weight excluding hydrogens is 272 g/mol. The van der Waals surface area contributed by atoms with Crippen molar-refractivity contribution >= 4 is 28.1 Å². The summed E-state index contributed by atoms with van der Waals surface area (Å²) in [6, 6.07) is 8.67. The van der Waals surface area contributed by atoms with Crippen LogP contribution in [0.2, 0.25) is 0 Å². The molecule has 1 atom stereocenters. The highest BCUT2D eigenvalue weighted by Crippen LogP contribution is 2.28. The molecule has 0 amide bonds. The Labute approximate surface area is 124 Å². The van der Waals surface area contributed by atoms with Crippen molar-refractivity contribution in [3.05, 3.63) is 39.6 Å². The van der Waals surface area contributed by atoms with Crippen molar-refractivity contribution in [2.24, 2.45) is 5.92 Å². The summed E-state index contributed by atoms with van der Waals surface area (Å²) in [7, 11) is -0.867. The first-order chi connectivity index (χ1) is 8.99. The van der Waals surface area contributed by atoms with E-state index in [-0.39, 0.29) is 0 Å². The topological polar surface area (TPSA) is 17.1 Å². The Balaban J connectivity index is 3.02. The van der Waals surface area contributed by atoms with Crippen LogP contribution in [-0.4, -0.2) is 16.2 Å². The van der Waals surface area contributed by atoms with Gasteiger partial charge in [-0.3, -0.25) is 4.21 Å². The maximum absolute atomic E-state index is 12.0. The molecule has 0 bridgehead atoms. The van der Waals surface area contributed by atoms with Crippen LogP contribution < -0.4 is 0 Å². The summed E-state index contributed by atoms with van der Waals surface area (Å²) < 4.78 is 13.0. The summed E-state index contributed by atoms with van der Waals surface area (Å²) in [5.74, 6) is 1.36. The van der Waals surface area contributed by atoms with Crippen molar-refractivity contribution in [1.29, 1.82) is 0 Å². The van der Waals surface area contributed by atoms with Crippen molar-refractivity contribution in [2.45, 2.75) is 34.1 Å². The molecule has 19 heavy (non-hydrogen) atoms. The Bertz CT molecular complexity index is 458. The third-order valence-corrected chi connectivity index (χ3v) is 5.97. The molecule has 0 heterocycles. The van der Waals surface area contributed by atoms with Gasteiger partial charge in [-0.15, -0.1) is 11.8 Å². The van der Waals surface area contributed by atoms with Gasteiger partial charge >= 0.3 is 0 Å². The summed E-state index contributed by atoms with van der Waals surface area (Å²) in [5, 5.41) is 0. The monoisotopic (exact) mass is 296 g/mol. The lowest BCUT2D eigenvalue weighted by atomic mass is 10.0. The van der Waals surface area contributed by atoms with Crippen LogP contribution in [0.15, 0.2) is 28.5 Å². The molecule has 0 aliphatic carbocycles. The zero-order chi connectivity index (χ0) is 14.4. The van der Waals surface area contributed by atoms with Crippen molar-refractivity contribution < 1.29 is 4.21 Å². The number of allylic oxidation sites excluding steroid dienone is 1. The van der Waals surface area contributed by atoms with E-state index in [2.05, 4.69) is 45.0 Å². The Morgan fingerprint density at radius 2 is 1.84 bits per heavy atom. The molecule has 1 unspecified atom stereocenters. The van der Waals surface area contributed by atoms with Crippen LogP contribution in [0.25, 0.3) is 5.57 Å². The molecule has 0 saturated carbocycles. The van der Waals surface area contributed by atoms with Gasteiger partial charge < -0.3 is 0 Å². The molecule has 0 fully saturated rings. The van der Waals surface area contributed by atoms with E-state index in [4.69, 9.17) is 0 Å². The van der Waals surface area contributed by atoms with Crippen molar-refractivity contribution in [1.82, 2.24) is 0 Å². The van der Waals surface area contributed by atoms with Crippen LogP contribution in [0.5, 0.6) is 0 Å². The van der Waals surface area contributed by atoms with Gasteiger partial charge in [-0.1, -0.05) is 45.0 Å². The van der Waals surface area contributed by atoms with E-state index in [0.717, 1.165) is 16.2 Å². The maximum Gasteiger partial charge on any atom is 0.0748 e. The van der Waals surface area contributed by atoms with Gasteiger partial charge in [0.05, 0.1) is 15.0 Å². The highest BCUT2D eigenvalue weighted by Gasteiger charge is 2.10.